The SMILES string of the molecule is OC[C@@H]1O[C@H](C2C(Cl)=C(Cl)C=CC2NC2CC2)[C@@H](O)[C@H]1O. The zero-order chi connectivity index (χ0) is 15.1. The highest BCUT2D eigenvalue weighted by atomic mass is 35.5. The molecule has 0 aromatic rings. The summed E-state index contributed by atoms with van der Waals surface area (Å²) in [7, 11) is 0. The monoisotopic (exact) mass is 335 g/mol. The molecule has 5 nitrogen and oxygen atoms in total. The Hall–Kier alpha value is -0.140. The van der Waals surface area contributed by atoms with Gasteiger partial charge in [-0.2, -0.15) is 0 Å². The van der Waals surface area contributed by atoms with E-state index in [1.165, 1.54) is 0 Å². The highest BCUT2D eigenvalue weighted by molar-refractivity contribution is 6.40. The number of aliphatic hydroxyl groups excluding tert-OH is 3. The molecule has 6 atom stereocenters. The molecule has 0 spiro atoms. The van der Waals surface area contributed by atoms with Crippen LogP contribution in [0.25, 0.3) is 0 Å². The maximum absolute atomic E-state index is 10.2. The highest BCUT2D eigenvalue weighted by Gasteiger charge is 2.49. The fourth-order valence-electron chi connectivity index (χ4n) is 2.96. The lowest BCUT2D eigenvalue weighted by atomic mass is 9.86. The Kier molecular flexibility index (Phi) is 4.62. The number of allylic oxidation sites excluding steroid dienone is 2. The summed E-state index contributed by atoms with van der Waals surface area (Å²) in [5.41, 5.74) is 0. The van der Waals surface area contributed by atoms with Crippen molar-refractivity contribution in [3.8, 4) is 0 Å². The predicted molar refractivity (Wildman–Crippen MR) is 79.1 cm³/mol. The molecule has 1 saturated carbocycles. The number of hydrogen-bond donors (Lipinski definition) is 4. The Morgan fingerprint density at radius 2 is 1.95 bits per heavy atom. The van der Waals surface area contributed by atoms with Crippen molar-refractivity contribution in [2.45, 2.75) is 49.3 Å². The Balaban J connectivity index is 1.83. The number of ether oxygens (including phenoxy) is 1. The molecule has 2 fully saturated rings. The quantitative estimate of drug-likeness (QED) is 0.600. The first-order chi connectivity index (χ1) is 10.0. The van der Waals surface area contributed by atoms with Gasteiger partial charge in [0.05, 0.1) is 17.7 Å². The topological polar surface area (TPSA) is 82.0 Å². The van der Waals surface area contributed by atoms with Gasteiger partial charge in [-0.1, -0.05) is 29.3 Å². The van der Waals surface area contributed by atoms with Gasteiger partial charge in [-0.3, -0.25) is 0 Å². The van der Waals surface area contributed by atoms with E-state index in [0.29, 0.717) is 16.1 Å². The molecule has 21 heavy (non-hydrogen) atoms. The van der Waals surface area contributed by atoms with Crippen molar-refractivity contribution in [1.29, 1.82) is 0 Å². The molecule has 1 heterocycles. The lowest BCUT2D eigenvalue weighted by molar-refractivity contribution is -0.0395. The van der Waals surface area contributed by atoms with Gasteiger partial charge < -0.3 is 25.4 Å². The molecule has 0 aromatic carbocycles. The maximum atomic E-state index is 10.2. The Morgan fingerprint density at radius 3 is 2.52 bits per heavy atom. The van der Waals surface area contributed by atoms with Gasteiger partial charge in [-0.15, -0.1) is 0 Å². The molecule has 7 heteroatoms. The standard InChI is InChI=1S/C14H19Cl2NO4/c15-7-3-4-8(17-6-1-2-6)10(11(7)16)14-13(20)12(19)9(5-18)21-14/h3-4,6,8-10,12-14,17-20H,1-2,5H2/t8?,9-,10?,12-,13-,14+/m0/s1. The van der Waals surface area contributed by atoms with Gasteiger partial charge in [-0.25, -0.2) is 0 Å². The number of aliphatic hydroxyl groups is 3. The van der Waals surface area contributed by atoms with E-state index in [0.717, 1.165) is 12.8 Å². The second kappa shape index (κ2) is 6.16. The van der Waals surface area contributed by atoms with Gasteiger partial charge >= 0.3 is 0 Å². The molecular formula is C14H19Cl2NO4. The van der Waals surface area contributed by atoms with E-state index in [2.05, 4.69) is 5.32 Å². The molecule has 3 aliphatic rings. The van der Waals surface area contributed by atoms with Crippen LogP contribution in [0.1, 0.15) is 12.8 Å². The Morgan fingerprint density at radius 1 is 1.24 bits per heavy atom. The smallest absolute Gasteiger partial charge is 0.111 e. The van der Waals surface area contributed by atoms with Gasteiger partial charge in [0.1, 0.15) is 18.3 Å². The van der Waals surface area contributed by atoms with Crippen LogP contribution in [-0.2, 0) is 4.74 Å². The van der Waals surface area contributed by atoms with Crippen LogP contribution in [0.2, 0.25) is 0 Å². The fraction of sp³-hybridized carbons (Fsp3) is 0.714. The maximum Gasteiger partial charge on any atom is 0.111 e. The van der Waals surface area contributed by atoms with Crippen molar-refractivity contribution >= 4 is 23.2 Å². The van der Waals surface area contributed by atoms with Crippen molar-refractivity contribution in [3.63, 3.8) is 0 Å². The molecule has 1 aliphatic heterocycles. The number of hydrogen-bond acceptors (Lipinski definition) is 5. The lowest BCUT2D eigenvalue weighted by Crippen LogP contribution is -2.47. The summed E-state index contributed by atoms with van der Waals surface area (Å²) in [6.45, 7) is -0.354. The molecule has 4 N–H and O–H groups in total. The molecule has 0 aromatic heterocycles. The first kappa shape index (κ1) is 15.7. The molecule has 0 bridgehead atoms. The van der Waals surface area contributed by atoms with Crippen LogP contribution < -0.4 is 5.32 Å². The fourth-order valence-corrected chi connectivity index (χ4v) is 3.48. The Labute approximate surface area is 133 Å². The van der Waals surface area contributed by atoms with Crippen LogP contribution in [0.15, 0.2) is 22.2 Å². The second-order valence-corrected chi connectivity index (χ2v) is 6.66. The van der Waals surface area contributed by atoms with Crippen LogP contribution in [0, 0.1) is 5.92 Å². The van der Waals surface area contributed by atoms with E-state index in [4.69, 9.17) is 27.9 Å². The molecule has 2 aliphatic carbocycles. The summed E-state index contributed by atoms with van der Waals surface area (Å²) in [4.78, 5) is 0. The molecule has 0 amide bonds. The van der Waals surface area contributed by atoms with Gasteiger partial charge in [0, 0.05) is 23.0 Å². The average molecular weight is 336 g/mol. The third kappa shape index (κ3) is 3.01. The van der Waals surface area contributed by atoms with E-state index in [1.807, 2.05) is 6.08 Å². The number of rotatable bonds is 4. The van der Waals surface area contributed by atoms with Crippen molar-refractivity contribution in [2.75, 3.05) is 6.61 Å². The largest absolute Gasteiger partial charge is 0.394 e. The zero-order valence-electron chi connectivity index (χ0n) is 11.3. The predicted octanol–water partition coefficient (Wildman–Crippen LogP) is 0.464. The summed E-state index contributed by atoms with van der Waals surface area (Å²) in [5, 5.41) is 33.6. The summed E-state index contributed by atoms with van der Waals surface area (Å²) >= 11 is 12.4. The summed E-state index contributed by atoms with van der Waals surface area (Å²) in [6.07, 6.45) is 2.12. The summed E-state index contributed by atoms with van der Waals surface area (Å²) < 4.78 is 5.62. The highest BCUT2D eigenvalue weighted by Crippen LogP contribution is 2.40. The van der Waals surface area contributed by atoms with Crippen molar-refractivity contribution < 1.29 is 20.1 Å². The van der Waals surface area contributed by atoms with Crippen molar-refractivity contribution in [2.24, 2.45) is 5.92 Å². The minimum absolute atomic E-state index is 0.114. The zero-order valence-corrected chi connectivity index (χ0v) is 12.8. The summed E-state index contributed by atoms with van der Waals surface area (Å²) in [6, 6.07) is 0.331. The normalized spacial score (nSPS) is 43.7. The minimum atomic E-state index is -1.13. The molecule has 2 unspecified atom stereocenters. The van der Waals surface area contributed by atoms with E-state index < -0.39 is 24.4 Å². The third-order valence-electron chi connectivity index (χ3n) is 4.30. The van der Waals surface area contributed by atoms with Crippen molar-refractivity contribution in [1.82, 2.24) is 5.32 Å². The Bertz CT molecular complexity index is 466. The van der Waals surface area contributed by atoms with Crippen LogP contribution in [0.3, 0.4) is 0 Å². The molecular weight excluding hydrogens is 317 g/mol. The second-order valence-electron chi connectivity index (χ2n) is 5.85. The van der Waals surface area contributed by atoms with E-state index >= 15 is 0 Å². The first-order valence-corrected chi connectivity index (χ1v) is 7.90. The third-order valence-corrected chi connectivity index (χ3v) is 5.18. The van der Waals surface area contributed by atoms with Crippen LogP contribution >= 0.6 is 23.2 Å². The molecule has 118 valence electrons. The van der Waals surface area contributed by atoms with Gasteiger partial charge in [0.2, 0.25) is 0 Å². The van der Waals surface area contributed by atoms with Crippen LogP contribution in [0.4, 0.5) is 0 Å². The van der Waals surface area contributed by atoms with Crippen molar-refractivity contribution in [3.05, 3.63) is 22.2 Å². The van der Waals surface area contributed by atoms with E-state index in [9.17, 15) is 15.3 Å². The minimum Gasteiger partial charge on any atom is -0.394 e. The van der Waals surface area contributed by atoms with Crippen LogP contribution in [0.5, 0.6) is 0 Å². The molecule has 3 rings (SSSR count). The first-order valence-electron chi connectivity index (χ1n) is 7.14. The lowest BCUT2D eigenvalue weighted by Gasteiger charge is -2.34. The average Bonchev–Trinajstić information content (AvgIpc) is 3.24. The summed E-state index contributed by atoms with van der Waals surface area (Å²) in [5.74, 6) is -0.383. The van der Waals surface area contributed by atoms with Crippen LogP contribution in [-0.4, -0.2) is 58.4 Å². The molecule has 1 saturated heterocycles. The number of halogens is 2. The van der Waals surface area contributed by atoms with Gasteiger partial charge in [-0.05, 0) is 18.9 Å². The molecule has 0 radical (unpaired) electrons. The van der Waals surface area contributed by atoms with E-state index in [1.54, 1.807) is 6.08 Å². The number of nitrogens with one attached hydrogen (secondary N) is 1. The van der Waals surface area contributed by atoms with Gasteiger partial charge in [0.15, 0.2) is 0 Å². The van der Waals surface area contributed by atoms with E-state index in [-0.39, 0.29) is 18.6 Å². The van der Waals surface area contributed by atoms with Gasteiger partial charge in [0.25, 0.3) is 0 Å².